The third-order valence-corrected chi connectivity index (χ3v) is 4.25. The standard InChI is InChI=1S/C16H17N5OS/c1-3-17-15-13-5-4-11(6-14(13)20-9-21-15)16(22)19-8-12-7-18-10(2)23-12/h4-7,9H,3,8H2,1-2H3,(H,19,22)(H,17,20,21). The Morgan fingerprint density at radius 3 is 2.87 bits per heavy atom. The van der Waals surface area contributed by atoms with Gasteiger partial charge >= 0.3 is 0 Å². The molecule has 6 nitrogen and oxygen atoms in total. The van der Waals surface area contributed by atoms with Gasteiger partial charge in [-0.2, -0.15) is 0 Å². The number of nitrogens with one attached hydrogen (secondary N) is 2. The first-order chi connectivity index (χ1) is 11.2. The second-order valence-electron chi connectivity index (χ2n) is 5.01. The minimum Gasteiger partial charge on any atom is -0.370 e. The van der Waals surface area contributed by atoms with Gasteiger partial charge in [-0.3, -0.25) is 4.79 Å². The molecule has 1 amide bonds. The van der Waals surface area contributed by atoms with Crippen LogP contribution in [-0.4, -0.2) is 27.4 Å². The molecule has 2 N–H and O–H groups in total. The van der Waals surface area contributed by atoms with Crippen LogP contribution in [0.1, 0.15) is 27.2 Å². The lowest BCUT2D eigenvalue weighted by Gasteiger charge is -2.08. The molecule has 0 aliphatic rings. The second-order valence-corrected chi connectivity index (χ2v) is 6.33. The Morgan fingerprint density at radius 1 is 1.26 bits per heavy atom. The third-order valence-electron chi connectivity index (χ3n) is 3.34. The lowest BCUT2D eigenvalue weighted by atomic mass is 10.1. The Morgan fingerprint density at radius 2 is 2.13 bits per heavy atom. The van der Waals surface area contributed by atoms with Crippen molar-refractivity contribution >= 4 is 34.0 Å². The Hall–Kier alpha value is -2.54. The highest BCUT2D eigenvalue weighted by Crippen LogP contribution is 2.20. The largest absolute Gasteiger partial charge is 0.370 e. The number of rotatable bonds is 5. The van der Waals surface area contributed by atoms with E-state index in [0.717, 1.165) is 33.2 Å². The van der Waals surface area contributed by atoms with Gasteiger partial charge in [0.05, 0.1) is 17.1 Å². The molecular weight excluding hydrogens is 310 g/mol. The van der Waals surface area contributed by atoms with Gasteiger partial charge in [0.2, 0.25) is 0 Å². The number of nitrogens with zero attached hydrogens (tertiary/aromatic N) is 3. The summed E-state index contributed by atoms with van der Waals surface area (Å²) in [5.41, 5.74) is 1.33. The van der Waals surface area contributed by atoms with Crippen LogP contribution in [0.5, 0.6) is 0 Å². The van der Waals surface area contributed by atoms with E-state index in [1.165, 1.54) is 6.33 Å². The molecule has 0 atom stereocenters. The molecule has 0 aliphatic heterocycles. The van der Waals surface area contributed by atoms with Crippen molar-refractivity contribution in [1.82, 2.24) is 20.3 Å². The summed E-state index contributed by atoms with van der Waals surface area (Å²) < 4.78 is 0. The molecule has 0 saturated carbocycles. The zero-order valence-electron chi connectivity index (χ0n) is 13.0. The number of benzene rings is 1. The second kappa shape index (κ2) is 6.70. The highest BCUT2D eigenvalue weighted by molar-refractivity contribution is 7.11. The number of aromatic nitrogens is 3. The number of anilines is 1. The van der Waals surface area contributed by atoms with Crippen molar-refractivity contribution in [3.8, 4) is 0 Å². The first kappa shape index (κ1) is 15.4. The van der Waals surface area contributed by atoms with Crippen molar-refractivity contribution in [3.63, 3.8) is 0 Å². The Balaban J connectivity index is 1.78. The van der Waals surface area contributed by atoms with E-state index in [1.54, 1.807) is 29.7 Å². The van der Waals surface area contributed by atoms with Crippen molar-refractivity contribution in [2.24, 2.45) is 0 Å². The maximum Gasteiger partial charge on any atom is 0.251 e. The SMILES string of the molecule is CCNc1ncnc2cc(C(=O)NCc3cnc(C)s3)ccc12. The van der Waals surface area contributed by atoms with E-state index in [9.17, 15) is 4.79 Å². The van der Waals surface area contributed by atoms with Gasteiger partial charge in [-0.1, -0.05) is 0 Å². The maximum atomic E-state index is 12.3. The molecule has 3 aromatic rings. The van der Waals surface area contributed by atoms with E-state index < -0.39 is 0 Å². The molecule has 23 heavy (non-hydrogen) atoms. The smallest absolute Gasteiger partial charge is 0.251 e. The van der Waals surface area contributed by atoms with Crippen LogP contribution in [0.2, 0.25) is 0 Å². The zero-order chi connectivity index (χ0) is 16.2. The molecule has 7 heteroatoms. The number of hydrogen-bond donors (Lipinski definition) is 2. The van der Waals surface area contributed by atoms with E-state index in [1.807, 2.05) is 19.9 Å². The zero-order valence-corrected chi connectivity index (χ0v) is 13.8. The molecule has 0 saturated heterocycles. The van der Waals surface area contributed by atoms with Crippen LogP contribution in [0.15, 0.2) is 30.7 Å². The molecule has 0 fully saturated rings. The van der Waals surface area contributed by atoms with Gasteiger partial charge in [0.25, 0.3) is 5.91 Å². The van der Waals surface area contributed by atoms with E-state index in [-0.39, 0.29) is 5.91 Å². The van der Waals surface area contributed by atoms with Crippen molar-refractivity contribution in [1.29, 1.82) is 0 Å². The summed E-state index contributed by atoms with van der Waals surface area (Å²) in [6.45, 7) is 5.22. The van der Waals surface area contributed by atoms with Gasteiger partial charge in [0, 0.05) is 28.6 Å². The summed E-state index contributed by atoms with van der Waals surface area (Å²) in [5.74, 6) is 0.658. The lowest BCUT2D eigenvalue weighted by molar-refractivity contribution is 0.0951. The predicted molar refractivity (Wildman–Crippen MR) is 91.7 cm³/mol. The number of thiazole rings is 1. The summed E-state index contributed by atoms with van der Waals surface area (Å²) in [5, 5.41) is 8.00. The van der Waals surface area contributed by atoms with E-state index >= 15 is 0 Å². The quantitative estimate of drug-likeness (QED) is 0.753. The van der Waals surface area contributed by atoms with Gasteiger partial charge in [-0.05, 0) is 32.0 Å². The first-order valence-electron chi connectivity index (χ1n) is 7.35. The molecule has 0 aliphatic carbocycles. The summed E-state index contributed by atoms with van der Waals surface area (Å²) in [7, 11) is 0. The van der Waals surface area contributed by atoms with Crippen LogP contribution in [0.3, 0.4) is 0 Å². The Bertz CT molecular complexity index is 845. The molecule has 0 unspecified atom stereocenters. The van der Waals surface area contributed by atoms with E-state index in [0.29, 0.717) is 12.1 Å². The fourth-order valence-corrected chi connectivity index (χ4v) is 3.00. The molecule has 0 spiro atoms. The van der Waals surface area contributed by atoms with Crippen molar-refractivity contribution in [3.05, 3.63) is 46.2 Å². The van der Waals surface area contributed by atoms with Crippen LogP contribution >= 0.6 is 11.3 Å². The highest BCUT2D eigenvalue weighted by Gasteiger charge is 2.09. The van der Waals surface area contributed by atoms with Gasteiger partial charge < -0.3 is 10.6 Å². The number of carbonyl (C=O) groups excluding carboxylic acids is 1. The monoisotopic (exact) mass is 327 g/mol. The Labute approximate surface area is 138 Å². The summed E-state index contributed by atoms with van der Waals surface area (Å²) >= 11 is 1.58. The van der Waals surface area contributed by atoms with Gasteiger partial charge in [-0.25, -0.2) is 15.0 Å². The van der Waals surface area contributed by atoms with Gasteiger partial charge in [0.15, 0.2) is 0 Å². The molecular formula is C16H17N5OS. The fourth-order valence-electron chi connectivity index (χ4n) is 2.26. The average Bonchev–Trinajstić information content (AvgIpc) is 2.98. The predicted octanol–water partition coefficient (Wildman–Crippen LogP) is 2.76. The molecule has 118 valence electrons. The summed E-state index contributed by atoms with van der Waals surface area (Å²) in [6.07, 6.45) is 3.29. The molecule has 0 radical (unpaired) electrons. The molecule has 0 bridgehead atoms. The molecule has 2 heterocycles. The number of amides is 1. The van der Waals surface area contributed by atoms with E-state index in [2.05, 4.69) is 25.6 Å². The van der Waals surface area contributed by atoms with Gasteiger partial charge in [0.1, 0.15) is 12.1 Å². The normalized spacial score (nSPS) is 10.7. The average molecular weight is 327 g/mol. The number of aryl methyl sites for hydroxylation is 1. The molecule has 1 aromatic carbocycles. The van der Waals surface area contributed by atoms with Crippen molar-refractivity contribution in [2.75, 3.05) is 11.9 Å². The number of hydrogen-bond acceptors (Lipinski definition) is 6. The minimum atomic E-state index is -0.124. The van der Waals surface area contributed by atoms with Crippen molar-refractivity contribution < 1.29 is 4.79 Å². The van der Waals surface area contributed by atoms with Crippen LogP contribution in [0, 0.1) is 6.92 Å². The molecule has 3 rings (SSSR count). The maximum absolute atomic E-state index is 12.3. The van der Waals surface area contributed by atoms with E-state index in [4.69, 9.17) is 0 Å². The number of carbonyl (C=O) groups is 1. The molecule has 2 aromatic heterocycles. The first-order valence-corrected chi connectivity index (χ1v) is 8.17. The van der Waals surface area contributed by atoms with Crippen LogP contribution in [0.4, 0.5) is 5.82 Å². The Kier molecular flexibility index (Phi) is 4.47. The van der Waals surface area contributed by atoms with Gasteiger partial charge in [-0.15, -0.1) is 11.3 Å². The van der Waals surface area contributed by atoms with Crippen LogP contribution < -0.4 is 10.6 Å². The van der Waals surface area contributed by atoms with Crippen LogP contribution in [0.25, 0.3) is 10.9 Å². The minimum absolute atomic E-state index is 0.124. The number of fused-ring (bicyclic) bond motifs is 1. The summed E-state index contributed by atoms with van der Waals surface area (Å²) in [4.78, 5) is 26.0. The van der Waals surface area contributed by atoms with Crippen LogP contribution in [-0.2, 0) is 6.54 Å². The third kappa shape index (κ3) is 3.45. The van der Waals surface area contributed by atoms with Crippen molar-refractivity contribution in [2.45, 2.75) is 20.4 Å². The fraction of sp³-hybridized carbons (Fsp3) is 0.250. The summed E-state index contributed by atoms with van der Waals surface area (Å²) in [6, 6.07) is 5.45. The topological polar surface area (TPSA) is 79.8 Å². The highest BCUT2D eigenvalue weighted by atomic mass is 32.1. The lowest BCUT2D eigenvalue weighted by Crippen LogP contribution is -2.22.